The summed E-state index contributed by atoms with van der Waals surface area (Å²) in [5.41, 5.74) is 7.86. The quantitative estimate of drug-likeness (QED) is 0.902. The fourth-order valence-electron chi connectivity index (χ4n) is 2.64. The normalized spacial score (nSPS) is 18.2. The Morgan fingerprint density at radius 1 is 1.33 bits per heavy atom. The molecule has 118 valence electrons. The van der Waals surface area contributed by atoms with Gasteiger partial charge in [0.1, 0.15) is 0 Å². The van der Waals surface area contributed by atoms with Gasteiger partial charge in [-0.05, 0) is 42.7 Å². The highest BCUT2D eigenvalue weighted by Crippen LogP contribution is 2.20. The summed E-state index contributed by atoms with van der Waals surface area (Å²) in [6.07, 6.45) is 3.31. The molecule has 5 heteroatoms. The van der Waals surface area contributed by atoms with E-state index in [2.05, 4.69) is 19.1 Å². The van der Waals surface area contributed by atoms with E-state index < -0.39 is 0 Å². The van der Waals surface area contributed by atoms with Crippen LogP contribution in [-0.4, -0.2) is 35.7 Å². The van der Waals surface area contributed by atoms with Crippen molar-refractivity contribution in [1.29, 1.82) is 0 Å². The molecule has 0 bridgehead atoms. The van der Waals surface area contributed by atoms with Crippen molar-refractivity contribution in [3.05, 3.63) is 35.4 Å². The van der Waals surface area contributed by atoms with E-state index in [0.717, 1.165) is 36.5 Å². The number of carbonyl (C=O) groups is 1. The van der Waals surface area contributed by atoms with Crippen LogP contribution in [0, 0.1) is 0 Å². The maximum absolute atomic E-state index is 12.6. The molecule has 0 spiro atoms. The number of hydrogen-bond acceptors (Lipinski definition) is 3. The second-order valence-corrected chi connectivity index (χ2v) is 6.49. The molecule has 1 atom stereocenters. The lowest BCUT2D eigenvalue weighted by molar-refractivity contribution is 0.0623. The minimum Gasteiger partial charge on any atom is -0.334 e. The van der Waals surface area contributed by atoms with E-state index in [1.165, 1.54) is 12.0 Å². The Morgan fingerprint density at radius 2 is 2.05 bits per heavy atom. The van der Waals surface area contributed by atoms with Crippen molar-refractivity contribution >= 4 is 30.1 Å². The van der Waals surface area contributed by atoms with Gasteiger partial charge >= 0.3 is 0 Å². The molecule has 1 aliphatic heterocycles. The standard InChI is InChI=1S/C16H24N2OS.ClH/c1-2-20-12-13-6-8-14(9-7-13)16(19)18-10-4-3-5-15(18)11-17;/h6-9,15H,2-5,10-12,17H2,1H3;1H. The van der Waals surface area contributed by atoms with Crippen LogP contribution in [0.2, 0.25) is 0 Å². The Kier molecular flexibility index (Phi) is 8.15. The topological polar surface area (TPSA) is 46.3 Å². The van der Waals surface area contributed by atoms with Crippen molar-refractivity contribution < 1.29 is 4.79 Å². The third-order valence-corrected chi connectivity index (χ3v) is 4.78. The third-order valence-electron chi connectivity index (χ3n) is 3.83. The van der Waals surface area contributed by atoms with Crippen LogP contribution in [-0.2, 0) is 5.75 Å². The Morgan fingerprint density at radius 3 is 2.67 bits per heavy atom. The second-order valence-electron chi connectivity index (χ2n) is 5.22. The molecule has 1 unspecified atom stereocenters. The smallest absolute Gasteiger partial charge is 0.254 e. The van der Waals surface area contributed by atoms with E-state index in [1.54, 1.807) is 0 Å². The van der Waals surface area contributed by atoms with Crippen molar-refractivity contribution in [2.75, 3.05) is 18.8 Å². The molecule has 1 aliphatic rings. The van der Waals surface area contributed by atoms with Gasteiger partial charge in [-0.1, -0.05) is 19.1 Å². The first-order valence-electron chi connectivity index (χ1n) is 7.44. The summed E-state index contributed by atoms with van der Waals surface area (Å²) in [6.45, 7) is 3.57. The Bertz CT molecular complexity index is 438. The van der Waals surface area contributed by atoms with Gasteiger partial charge in [-0.2, -0.15) is 11.8 Å². The largest absolute Gasteiger partial charge is 0.334 e. The van der Waals surface area contributed by atoms with Gasteiger partial charge in [-0.15, -0.1) is 12.4 Å². The molecule has 0 saturated carbocycles. The molecule has 21 heavy (non-hydrogen) atoms. The van der Waals surface area contributed by atoms with Crippen LogP contribution >= 0.6 is 24.2 Å². The number of benzene rings is 1. The number of nitrogens with zero attached hydrogens (tertiary/aromatic N) is 1. The first-order valence-corrected chi connectivity index (χ1v) is 8.59. The van der Waals surface area contributed by atoms with E-state index in [4.69, 9.17) is 5.73 Å². The number of likely N-dealkylation sites (tertiary alicyclic amines) is 1. The Hall–Kier alpha value is -0.710. The van der Waals surface area contributed by atoms with Crippen molar-refractivity contribution in [3.8, 4) is 0 Å². The number of halogens is 1. The van der Waals surface area contributed by atoms with E-state index in [0.29, 0.717) is 6.54 Å². The van der Waals surface area contributed by atoms with E-state index in [1.807, 2.05) is 28.8 Å². The van der Waals surface area contributed by atoms with Crippen LogP contribution in [0.25, 0.3) is 0 Å². The van der Waals surface area contributed by atoms with Gasteiger partial charge in [0.2, 0.25) is 0 Å². The highest BCUT2D eigenvalue weighted by atomic mass is 35.5. The zero-order valence-corrected chi connectivity index (χ0v) is 14.2. The number of thioether (sulfide) groups is 1. The van der Waals surface area contributed by atoms with Crippen LogP contribution in [0.3, 0.4) is 0 Å². The number of piperidine rings is 1. The molecule has 1 saturated heterocycles. The number of amides is 1. The number of carbonyl (C=O) groups excluding carboxylic acids is 1. The molecule has 1 heterocycles. The van der Waals surface area contributed by atoms with Gasteiger partial charge in [-0.3, -0.25) is 4.79 Å². The van der Waals surface area contributed by atoms with Gasteiger partial charge in [0, 0.05) is 30.4 Å². The highest BCUT2D eigenvalue weighted by Gasteiger charge is 2.26. The molecule has 0 radical (unpaired) electrons. The zero-order chi connectivity index (χ0) is 14.4. The number of hydrogen-bond donors (Lipinski definition) is 1. The van der Waals surface area contributed by atoms with Crippen molar-refractivity contribution in [2.24, 2.45) is 5.73 Å². The first-order chi connectivity index (χ1) is 9.76. The molecular weight excluding hydrogens is 304 g/mol. The fourth-order valence-corrected chi connectivity index (χ4v) is 3.27. The van der Waals surface area contributed by atoms with Crippen molar-refractivity contribution in [3.63, 3.8) is 0 Å². The predicted octanol–water partition coefficient (Wildman–Crippen LogP) is 3.31. The summed E-state index contributed by atoms with van der Waals surface area (Å²) in [6, 6.07) is 8.26. The lowest BCUT2D eigenvalue weighted by Crippen LogP contribution is -2.47. The van der Waals surface area contributed by atoms with Gasteiger partial charge in [-0.25, -0.2) is 0 Å². The summed E-state index contributed by atoms with van der Waals surface area (Å²) in [4.78, 5) is 14.5. The average Bonchev–Trinajstić information content (AvgIpc) is 2.52. The van der Waals surface area contributed by atoms with Crippen LogP contribution in [0.5, 0.6) is 0 Å². The summed E-state index contributed by atoms with van der Waals surface area (Å²) >= 11 is 1.90. The fraction of sp³-hybridized carbons (Fsp3) is 0.562. The van der Waals surface area contributed by atoms with E-state index in [9.17, 15) is 4.79 Å². The van der Waals surface area contributed by atoms with Crippen molar-refractivity contribution in [2.45, 2.75) is 38.0 Å². The van der Waals surface area contributed by atoms with Crippen LogP contribution in [0.15, 0.2) is 24.3 Å². The van der Waals surface area contributed by atoms with Crippen molar-refractivity contribution in [1.82, 2.24) is 4.90 Å². The lowest BCUT2D eigenvalue weighted by Gasteiger charge is -2.35. The summed E-state index contributed by atoms with van der Waals surface area (Å²) in [7, 11) is 0. The Labute approximate surface area is 138 Å². The zero-order valence-electron chi connectivity index (χ0n) is 12.6. The molecule has 1 fully saturated rings. The maximum Gasteiger partial charge on any atom is 0.254 e. The van der Waals surface area contributed by atoms with Gasteiger partial charge < -0.3 is 10.6 Å². The van der Waals surface area contributed by atoms with Crippen LogP contribution in [0.4, 0.5) is 0 Å². The molecule has 0 aliphatic carbocycles. The molecule has 2 N–H and O–H groups in total. The Balaban J connectivity index is 0.00000220. The van der Waals surface area contributed by atoms with E-state index in [-0.39, 0.29) is 24.4 Å². The van der Waals surface area contributed by atoms with Gasteiger partial charge in [0.25, 0.3) is 5.91 Å². The summed E-state index contributed by atoms with van der Waals surface area (Å²) in [5.74, 6) is 2.27. The van der Waals surface area contributed by atoms with Crippen LogP contribution in [0.1, 0.15) is 42.1 Å². The average molecular weight is 329 g/mol. The van der Waals surface area contributed by atoms with Gasteiger partial charge in [0.05, 0.1) is 0 Å². The minimum atomic E-state index is 0. The summed E-state index contributed by atoms with van der Waals surface area (Å²) < 4.78 is 0. The molecular formula is C16H25ClN2OS. The molecule has 3 nitrogen and oxygen atoms in total. The third kappa shape index (κ3) is 4.90. The van der Waals surface area contributed by atoms with Crippen LogP contribution < -0.4 is 5.73 Å². The SMILES string of the molecule is CCSCc1ccc(C(=O)N2CCCCC2CN)cc1.Cl. The molecule has 1 aromatic rings. The monoisotopic (exact) mass is 328 g/mol. The number of rotatable bonds is 5. The number of nitrogens with two attached hydrogens (primary N) is 1. The van der Waals surface area contributed by atoms with E-state index >= 15 is 0 Å². The molecule has 2 rings (SSSR count). The lowest BCUT2D eigenvalue weighted by atomic mass is 10.0. The second kappa shape index (κ2) is 9.34. The first kappa shape index (κ1) is 18.3. The molecule has 1 aromatic carbocycles. The minimum absolute atomic E-state index is 0. The summed E-state index contributed by atoms with van der Waals surface area (Å²) in [5, 5.41) is 0. The molecule has 1 amide bonds. The predicted molar refractivity (Wildman–Crippen MR) is 93.3 cm³/mol. The maximum atomic E-state index is 12.6. The molecule has 0 aromatic heterocycles. The van der Waals surface area contributed by atoms with Gasteiger partial charge in [0.15, 0.2) is 0 Å². The highest BCUT2D eigenvalue weighted by molar-refractivity contribution is 7.98.